The average molecular weight is 417 g/mol. The van der Waals surface area contributed by atoms with Gasteiger partial charge in [0.15, 0.2) is 11.7 Å². The monoisotopic (exact) mass is 416 g/mol. The van der Waals surface area contributed by atoms with Crippen molar-refractivity contribution in [3.8, 4) is 5.75 Å². The fourth-order valence-corrected chi connectivity index (χ4v) is 3.39. The molecule has 0 aliphatic carbocycles. The second-order valence-electron chi connectivity index (χ2n) is 5.59. The lowest BCUT2D eigenvalue weighted by atomic mass is 10.1. The van der Waals surface area contributed by atoms with Gasteiger partial charge >= 0.3 is 0 Å². The zero-order valence-electron chi connectivity index (χ0n) is 13.7. The summed E-state index contributed by atoms with van der Waals surface area (Å²) in [6.45, 7) is 1.94. The molecule has 0 aliphatic heterocycles. The van der Waals surface area contributed by atoms with Gasteiger partial charge in [0.2, 0.25) is 0 Å². The van der Waals surface area contributed by atoms with Crippen molar-refractivity contribution < 1.29 is 9.53 Å². The molecule has 128 valence electrons. The van der Waals surface area contributed by atoms with E-state index in [9.17, 15) is 4.79 Å². The number of halogens is 1. The third kappa shape index (κ3) is 5.41. The number of ether oxygens (including phenoxy) is 1. The summed E-state index contributed by atoms with van der Waals surface area (Å²) in [6.07, 6.45) is 2.59. The summed E-state index contributed by atoms with van der Waals surface area (Å²) in [6, 6.07) is 15.8. The van der Waals surface area contributed by atoms with Gasteiger partial charge < -0.3 is 4.74 Å². The van der Waals surface area contributed by atoms with Crippen LogP contribution in [0.5, 0.6) is 5.75 Å². The van der Waals surface area contributed by atoms with Crippen LogP contribution in [-0.2, 0) is 11.2 Å². The van der Waals surface area contributed by atoms with Gasteiger partial charge in [-0.25, -0.2) is 4.98 Å². The van der Waals surface area contributed by atoms with Crippen molar-refractivity contribution in [3.63, 3.8) is 0 Å². The van der Waals surface area contributed by atoms with E-state index >= 15 is 0 Å². The first-order valence-electron chi connectivity index (χ1n) is 7.77. The predicted molar refractivity (Wildman–Crippen MR) is 104 cm³/mol. The molecule has 4 nitrogen and oxygen atoms in total. The predicted octanol–water partition coefficient (Wildman–Crippen LogP) is 4.82. The first-order valence-corrected chi connectivity index (χ1v) is 9.38. The lowest BCUT2D eigenvalue weighted by Crippen LogP contribution is -2.19. The summed E-state index contributed by atoms with van der Waals surface area (Å²) in [5.74, 6) is 0.469. The minimum atomic E-state index is -0.217. The second-order valence-corrected chi connectivity index (χ2v) is 7.62. The molecule has 0 bridgehead atoms. The third-order valence-electron chi connectivity index (χ3n) is 3.45. The number of amides is 1. The number of anilines is 1. The van der Waals surface area contributed by atoms with Gasteiger partial charge in [0.05, 0.1) is 0 Å². The molecule has 0 radical (unpaired) electrons. The maximum absolute atomic E-state index is 12.0. The van der Waals surface area contributed by atoms with Gasteiger partial charge in [-0.2, -0.15) is 0 Å². The summed E-state index contributed by atoms with van der Waals surface area (Å²) >= 11 is 4.90. The Balaban J connectivity index is 1.52. The Kier molecular flexibility index (Phi) is 5.83. The van der Waals surface area contributed by atoms with Gasteiger partial charge in [-0.1, -0.05) is 40.2 Å². The molecule has 0 spiro atoms. The fraction of sp³-hybridized carbons (Fsp3) is 0.158. The van der Waals surface area contributed by atoms with Gasteiger partial charge in [-0.15, -0.1) is 11.3 Å². The molecule has 1 aromatic heterocycles. The van der Waals surface area contributed by atoms with Crippen LogP contribution in [0.2, 0.25) is 0 Å². The van der Waals surface area contributed by atoms with E-state index in [4.69, 9.17) is 4.74 Å². The highest BCUT2D eigenvalue weighted by Gasteiger charge is 2.08. The zero-order valence-corrected chi connectivity index (χ0v) is 16.1. The number of rotatable bonds is 6. The molecule has 0 saturated carbocycles. The first-order chi connectivity index (χ1) is 12.1. The van der Waals surface area contributed by atoms with Gasteiger partial charge in [0.25, 0.3) is 5.91 Å². The van der Waals surface area contributed by atoms with Crippen molar-refractivity contribution in [1.82, 2.24) is 4.98 Å². The van der Waals surface area contributed by atoms with Crippen molar-refractivity contribution >= 4 is 38.3 Å². The van der Waals surface area contributed by atoms with Crippen molar-refractivity contribution in [2.45, 2.75) is 13.3 Å². The van der Waals surface area contributed by atoms with Gasteiger partial charge in [0.1, 0.15) is 5.75 Å². The van der Waals surface area contributed by atoms with Crippen LogP contribution >= 0.6 is 27.3 Å². The van der Waals surface area contributed by atoms with Crippen LogP contribution in [0.15, 0.2) is 59.2 Å². The lowest BCUT2D eigenvalue weighted by molar-refractivity contribution is -0.118. The first kappa shape index (κ1) is 17.6. The Morgan fingerprint density at radius 2 is 2.04 bits per heavy atom. The Morgan fingerprint density at radius 1 is 1.24 bits per heavy atom. The van der Waals surface area contributed by atoms with Gasteiger partial charge in [0, 0.05) is 22.0 Å². The molecule has 3 rings (SSSR count). The summed E-state index contributed by atoms with van der Waals surface area (Å²) in [5.41, 5.74) is 2.29. The molecule has 25 heavy (non-hydrogen) atoms. The molecule has 6 heteroatoms. The average Bonchev–Trinajstić information content (AvgIpc) is 3.02. The van der Waals surface area contributed by atoms with Crippen molar-refractivity contribution in [3.05, 3.63) is 75.2 Å². The van der Waals surface area contributed by atoms with Crippen LogP contribution in [0.4, 0.5) is 5.13 Å². The zero-order chi connectivity index (χ0) is 17.6. The van der Waals surface area contributed by atoms with Crippen LogP contribution in [-0.4, -0.2) is 17.5 Å². The van der Waals surface area contributed by atoms with Crippen LogP contribution in [0.1, 0.15) is 16.0 Å². The van der Waals surface area contributed by atoms with E-state index < -0.39 is 0 Å². The van der Waals surface area contributed by atoms with Gasteiger partial charge in [-0.05, 0) is 42.3 Å². The largest absolute Gasteiger partial charge is 0.484 e. The van der Waals surface area contributed by atoms with Gasteiger partial charge in [-0.3, -0.25) is 10.1 Å². The Hall–Kier alpha value is -2.18. The number of nitrogens with one attached hydrogen (secondary N) is 1. The summed E-state index contributed by atoms with van der Waals surface area (Å²) in [4.78, 5) is 17.4. The SMILES string of the molecule is Cc1cccc(OCC(=O)Nc2ncc(Cc3ccc(Br)cc3)s2)c1. The van der Waals surface area contributed by atoms with Crippen LogP contribution in [0, 0.1) is 6.92 Å². The lowest BCUT2D eigenvalue weighted by Gasteiger charge is -2.06. The minimum absolute atomic E-state index is 0.0366. The molecular formula is C19H17BrN2O2S. The number of hydrogen-bond donors (Lipinski definition) is 1. The molecule has 2 aromatic carbocycles. The van der Waals surface area contributed by atoms with E-state index in [-0.39, 0.29) is 12.5 Å². The Bertz CT molecular complexity index is 862. The molecule has 0 saturated heterocycles. The number of hydrogen-bond acceptors (Lipinski definition) is 4. The molecule has 0 unspecified atom stereocenters. The number of carbonyl (C=O) groups excluding carboxylic acids is 1. The highest BCUT2D eigenvalue weighted by molar-refractivity contribution is 9.10. The van der Waals surface area contributed by atoms with E-state index in [1.54, 1.807) is 6.20 Å². The highest BCUT2D eigenvalue weighted by Crippen LogP contribution is 2.22. The van der Waals surface area contributed by atoms with Crippen LogP contribution in [0.3, 0.4) is 0 Å². The standard InChI is InChI=1S/C19H17BrN2O2S/c1-13-3-2-4-16(9-13)24-12-18(23)22-19-21-11-17(25-19)10-14-5-7-15(20)8-6-14/h2-9,11H,10,12H2,1H3,(H,21,22,23). The second kappa shape index (κ2) is 8.27. The minimum Gasteiger partial charge on any atom is -0.484 e. The summed E-state index contributed by atoms with van der Waals surface area (Å²) < 4.78 is 6.55. The number of aryl methyl sites for hydroxylation is 1. The molecule has 0 fully saturated rings. The quantitative estimate of drug-likeness (QED) is 0.626. The number of carbonyl (C=O) groups is 1. The number of thiazole rings is 1. The molecule has 1 amide bonds. The normalized spacial score (nSPS) is 10.5. The van der Waals surface area contributed by atoms with Crippen LogP contribution in [0.25, 0.3) is 0 Å². The smallest absolute Gasteiger partial charge is 0.264 e. The molecule has 3 aromatic rings. The van der Waals surface area contributed by atoms with Crippen LogP contribution < -0.4 is 10.1 Å². The number of benzene rings is 2. The summed E-state index contributed by atoms with van der Waals surface area (Å²) in [5, 5.41) is 3.37. The topological polar surface area (TPSA) is 51.2 Å². The highest BCUT2D eigenvalue weighted by atomic mass is 79.9. The molecule has 0 aliphatic rings. The number of nitrogens with zero attached hydrogens (tertiary/aromatic N) is 1. The van der Waals surface area contributed by atoms with E-state index in [1.165, 1.54) is 16.9 Å². The van der Waals surface area contributed by atoms with E-state index in [1.807, 2.05) is 43.3 Å². The van der Waals surface area contributed by atoms with Crippen molar-refractivity contribution in [1.29, 1.82) is 0 Å². The Labute approximate surface area is 159 Å². The maximum Gasteiger partial charge on any atom is 0.264 e. The fourth-order valence-electron chi connectivity index (χ4n) is 2.26. The van der Waals surface area contributed by atoms with E-state index in [0.29, 0.717) is 10.9 Å². The van der Waals surface area contributed by atoms with Crippen molar-refractivity contribution in [2.75, 3.05) is 11.9 Å². The molecule has 1 N–H and O–H groups in total. The Morgan fingerprint density at radius 3 is 2.80 bits per heavy atom. The molecular weight excluding hydrogens is 400 g/mol. The van der Waals surface area contributed by atoms with Crippen molar-refractivity contribution in [2.24, 2.45) is 0 Å². The maximum atomic E-state index is 12.0. The van der Waals surface area contributed by atoms with E-state index in [0.717, 1.165) is 21.3 Å². The molecule has 0 atom stereocenters. The number of aromatic nitrogens is 1. The molecule has 1 heterocycles. The third-order valence-corrected chi connectivity index (χ3v) is 4.89. The van der Waals surface area contributed by atoms with E-state index in [2.05, 4.69) is 38.4 Å². The summed E-state index contributed by atoms with van der Waals surface area (Å²) in [7, 11) is 0.